The van der Waals surface area contributed by atoms with Crippen molar-refractivity contribution in [2.45, 2.75) is 39.3 Å². The third-order valence-corrected chi connectivity index (χ3v) is 3.83. The van der Waals surface area contributed by atoms with Crippen LogP contribution < -0.4 is 10.1 Å². The van der Waals surface area contributed by atoms with Crippen molar-refractivity contribution in [2.75, 3.05) is 6.54 Å². The van der Waals surface area contributed by atoms with Crippen LogP contribution >= 0.6 is 11.3 Å². The number of likely N-dealkylation sites (N-methyl/N-ethyl adjacent to an activating group) is 1. The van der Waals surface area contributed by atoms with Gasteiger partial charge < -0.3 is 10.1 Å². The summed E-state index contributed by atoms with van der Waals surface area (Å²) in [4.78, 5) is 0. The molecule has 1 heterocycles. The molecule has 0 saturated heterocycles. The molecule has 0 fully saturated rings. The Labute approximate surface area is 125 Å². The largest absolute Gasteiger partial charge is 0.491 e. The molecule has 0 aliphatic carbocycles. The van der Waals surface area contributed by atoms with Crippen LogP contribution in [0, 0.1) is 0 Å². The van der Waals surface area contributed by atoms with Crippen LogP contribution in [-0.2, 0) is 6.42 Å². The van der Waals surface area contributed by atoms with E-state index in [0.717, 1.165) is 18.7 Å². The third kappa shape index (κ3) is 4.36. The summed E-state index contributed by atoms with van der Waals surface area (Å²) in [5.74, 6) is 0.950. The number of ether oxygens (including phenoxy) is 1. The summed E-state index contributed by atoms with van der Waals surface area (Å²) in [7, 11) is 0. The normalized spacial score (nSPS) is 12.6. The highest BCUT2D eigenvalue weighted by molar-refractivity contribution is 7.07. The molecule has 2 nitrogen and oxygen atoms in total. The third-order valence-electron chi connectivity index (χ3n) is 3.10. The summed E-state index contributed by atoms with van der Waals surface area (Å²) in [5, 5.41) is 7.92. The molecule has 0 saturated carbocycles. The molecule has 2 aromatic rings. The van der Waals surface area contributed by atoms with Gasteiger partial charge in [-0.25, -0.2) is 0 Å². The molecule has 0 spiro atoms. The van der Waals surface area contributed by atoms with Gasteiger partial charge in [0.25, 0.3) is 0 Å². The van der Waals surface area contributed by atoms with Crippen molar-refractivity contribution in [3.63, 3.8) is 0 Å². The standard InChI is InChI=1S/C17H23NOS/c1-4-18-17(10-14-8-9-20-12-14)15-6-5-7-16(11-15)19-13(2)3/h5-9,11-13,17-18H,4,10H2,1-3H3. The van der Waals surface area contributed by atoms with E-state index in [0.29, 0.717) is 6.04 Å². The molecule has 0 amide bonds. The molecule has 20 heavy (non-hydrogen) atoms. The summed E-state index contributed by atoms with van der Waals surface area (Å²) >= 11 is 1.75. The molecule has 1 unspecified atom stereocenters. The lowest BCUT2D eigenvalue weighted by Crippen LogP contribution is -2.22. The Morgan fingerprint density at radius 3 is 2.75 bits per heavy atom. The summed E-state index contributed by atoms with van der Waals surface area (Å²) in [6, 6.07) is 11.0. The van der Waals surface area contributed by atoms with E-state index in [2.05, 4.69) is 61.1 Å². The van der Waals surface area contributed by atoms with Gasteiger partial charge in [-0.1, -0.05) is 19.1 Å². The first-order chi connectivity index (χ1) is 9.69. The van der Waals surface area contributed by atoms with Crippen LogP contribution in [0.2, 0.25) is 0 Å². The first kappa shape index (κ1) is 15.1. The van der Waals surface area contributed by atoms with Gasteiger partial charge in [0.1, 0.15) is 5.75 Å². The molecule has 1 atom stereocenters. The number of hydrogen-bond donors (Lipinski definition) is 1. The van der Waals surface area contributed by atoms with Gasteiger partial charge in [-0.3, -0.25) is 0 Å². The van der Waals surface area contributed by atoms with Gasteiger partial charge in [0.2, 0.25) is 0 Å². The van der Waals surface area contributed by atoms with E-state index < -0.39 is 0 Å². The van der Waals surface area contributed by atoms with Crippen LogP contribution in [0.15, 0.2) is 41.1 Å². The van der Waals surface area contributed by atoms with E-state index in [1.807, 2.05) is 6.07 Å². The minimum atomic E-state index is 0.208. The van der Waals surface area contributed by atoms with Gasteiger partial charge in [0, 0.05) is 6.04 Å². The van der Waals surface area contributed by atoms with Crippen LogP contribution in [-0.4, -0.2) is 12.6 Å². The van der Waals surface area contributed by atoms with Gasteiger partial charge in [-0.05, 0) is 66.9 Å². The van der Waals surface area contributed by atoms with Gasteiger partial charge in [0.15, 0.2) is 0 Å². The van der Waals surface area contributed by atoms with Crippen LogP contribution in [0.1, 0.15) is 37.9 Å². The molecule has 0 radical (unpaired) electrons. The number of nitrogens with one attached hydrogen (secondary N) is 1. The molecule has 0 aliphatic rings. The number of benzene rings is 1. The first-order valence-corrected chi connectivity index (χ1v) is 8.14. The van der Waals surface area contributed by atoms with Gasteiger partial charge in [0.05, 0.1) is 6.10 Å². The minimum absolute atomic E-state index is 0.208. The van der Waals surface area contributed by atoms with Crippen LogP contribution in [0.5, 0.6) is 5.75 Å². The van der Waals surface area contributed by atoms with E-state index in [4.69, 9.17) is 4.74 Å². The Balaban J connectivity index is 2.15. The smallest absolute Gasteiger partial charge is 0.120 e. The fourth-order valence-electron chi connectivity index (χ4n) is 2.28. The Bertz CT molecular complexity index is 507. The van der Waals surface area contributed by atoms with Crippen molar-refractivity contribution in [3.05, 3.63) is 52.2 Å². The highest BCUT2D eigenvalue weighted by Gasteiger charge is 2.12. The highest BCUT2D eigenvalue weighted by Crippen LogP contribution is 2.24. The topological polar surface area (TPSA) is 21.3 Å². The molecule has 1 aromatic heterocycles. The summed E-state index contributed by atoms with van der Waals surface area (Å²) < 4.78 is 5.79. The number of hydrogen-bond acceptors (Lipinski definition) is 3. The summed E-state index contributed by atoms with van der Waals surface area (Å²) in [6.07, 6.45) is 1.22. The Kier molecular flexibility index (Phi) is 5.62. The molecule has 0 bridgehead atoms. The number of rotatable bonds is 7. The van der Waals surface area contributed by atoms with Gasteiger partial charge >= 0.3 is 0 Å². The molecular formula is C17H23NOS. The second-order valence-electron chi connectivity index (χ2n) is 5.19. The second-order valence-corrected chi connectivity index (χ2v) is 5.97. The van der Waals surface area contributed by atoms with Crippen LogP contribution in [0.25, 0.3) is 0 Å². The zero-order chi connectivity index (χ0) is 14.4. The Morgan fingerprint density at radius 2 is 2.10 bits per heavy atom. The lowest BCUT2D eigenvalue weighted by atomic mass is 10.0. The highest BCUT2D eigenvalue weighted by atomic mass is 32.1. The fourth-order valence-corrected chi connectivity index (χ4v) is 2.96. The molecule has 0 aliphatic heterocycles. The van der Waals surface area contributed by atoms with E-state index in [9.17, 15) is 0 Å². The van der Waals surface area contributed by atoms with E-state index in [1.165, 1.54) is 11.1 Å². The maximum Gasteiger partial charge on any atom is 0.120 e. The fraction of sp³-hybridized carbons (Fsp3) is 0.412. The van der Waals surface area contributed by atoms with Crippen molar-refractivity contribution in [1.82, 2.24) is 5.32 Å². The van der Waals surface area contributed by atoms with E-state index in [1.54, 1.807) is 11.3 Å². The Hall–Kier alpha value is -1.32. The summed E-state index contributed by atoms with van der Waals surface area (Å²) in [6.45, 7) is 7.22. The van der Waals surface area contributed by atoms with Crippen molar-refractivity contribution < 1.29 is 4.74 Å². The molecular weight excluding hydrogens is 266 g/mol. The maximum absolute atomic E-state index is 5.79. The Morgan fingerprint density at radius 1 is 1.25 bits per heavy atom. The zero-order valence-corrected chi connectivity index (χ0v) is 13.2. The van der Waals surface area contributed by atoms with E-state index >= 15 is 0 Å². The quantitative estimate of drug-likeness (QED) is 0.814. The lowest BCUT2D eigenvalue weighted by Gasteiger charge is -2.19. The minimum Gasteiger partial charge on any atom is -0.491 e. The van der Waals surface area contributed by atoms with E-state index in [-0.39, 0.29) is 6.10 Å². The molecule has 108 valence electrons. The zero-order valence-electron chi connectivity index (χ0n) is 12.4. The molecule has 2 rings (SSSR count). The van der Waals surface area contributed by atoms with Crippen LogP contribution in [0.3, 0.4) is 0 Å². The van der Waals surface area contributed by atoms with Crippen molar-refractivity contribution >= 4 is 11.3 Å². The van der Waals surface area contributed by atoms with Crippen molar-refractivity contribution in [1.29, 1.82) is 0 Å². The average molecular weight is 289 g/mol. The average Bonchev–Trinajstić information content (AvgIpc) is 2.91. The van der Waals surface area contributed by atoms with Gasteiger partial charge in [-0.15, -0.1) is 0 Å². The maximum atomic E-state index is 5.79. The van der Waals surface area contributed by atoms with Crippen LogP contribution in [0.4, 0.5) is 0 Å². The summed E-state index contributed by atoms with van der Waals surface area (Å²) in [5.41, 5.74) is 2.67. The van der Waals surface area contributed by atoms with Gasteiger partial charge in [-0.2, -0.15) is 11.3 Å². The van der Waals surface area contributed by atoms with Crippen molar-refractivity contribution in [3.8, 4) is 5.75 Å². The predicted octanol–water partition coefficient (Wildman–Crippen LogP) is 4.43. The van der Waals surface area contributed by atoms with Crippen molar-refractivity contribution in [2.24, 2.45) is 0 Å². The monoisotopic (exact) mass is 289 g/mol. The predicted molar refractivity (Wildman–Crippen MR) is 86.6 cm³/mol. The molecule has 1 N–H and O–H groups in total. The molecule has 1 aromatic carbocycles. The first-order valence-electron chi connectivity index (χ1n) is 7.20. The second kappa shape index (κ2) is 7.46. The molecule has 3 heteroatoms. The number of thiophene rings is 1. The lowest BCUT2D eigenvalue weighted by molar-refractivity contribution is 0.242. The SMILES string of the molecule is CCNC(Cc1ccsc1)c1cccc(OC(C)C)c1.